The summed E-state index contributed by atoms with van der Waals surface area (Å²) >= 11 is 0. The molecule has 1 aromatic heterocycles. The second kappa shape index (κ2) is 6.53. The molecule has 0 unspecified atom stereocenters. The van der Waals surface area contributed by atoms with Crippen molar-refractivity contribution in [1.82, 2.24) is 9.97 Å². The molecule has 0 spiro atoms. The van der Waals surface area contributed by atoms with E-state index in [-0.39, 0.29) is 5.60 Å². The third-order valence-electron chi connectivity index (χ3n) is 4.42. The highest BCUT2D eigenvalue weighted by Gasteiger charge is 2.39. The number of hydrogen-bond acceptors (Lipinski definition) is 4. The Kier molecular flexibility index (Phi) is 4.97. The van der Waals surface area contributed by atoms with Gasteiger partial charge in [-0.25, -0.2) is 9.97 Å². The van der Waals surface area contributed by atoms with Crippen molar-refractivity contribution in [2.24, 2.45) is 5.92 Å². The van der Waals surface area contributed by atoms with Gasteiger partial charge in [0.05, 0.1) is 0 Å². The summed E-state index contributed by atoms with van der Waals surface area (Å²) in [5, 5.41) is 3.15. The minimum atomic E-state index is -0.290. The van der Waals surface area contributed by atoms with Crippen LogP contribution in [0.1, 0.15) is 57.5 Å². The van der Waals surface area contributed by atoms with Crippen molar-refractivity contribution in [3.63, 3.8) is 0 Å². The van der Waals surface area contributed by atoms with Crippen molar-refractivity contribution in [3.8, 4) is 0 Å². The van der Waals surface area contributed by atoms with Crippen LogP contribution in [-0.4, -0.2) is 24.1 Å². The molecule has 1 saturated carbocycles. The molecule has 1 aromatic rings. The largest absolute Gasteiger partial charge is 0.373 e. The van der Waals surface area contributed by atoms with Crippen LogP contribution in [0.2, 0.25) is 0 Å². The van der Waals surface area contributed by atoms with Crippen molar-refractivity contribution in [2.45, 2.75) is 58.0 Å². The lowest BCUT2D eigenvalue weighted by molar-refractivity contribution is -0.0597. The van der Waals surface area contributed by atoms with Gasteiger partial charge in [0.15, 0.2) is 5.82 Å². The Morgan fingerprint density at radius 2 is 2.05 bits per heavy atom. The second-order valence-electron chi connectivity index (χ2n) is 5.95. The molecule has 2 rings (SSSR count). The van der Waals surface area contributed by atoms with Gasteiger partial charge < -0.3 is 10.1 Å². The Labute approximate surface area is 122 Å². The monoisotopic (exact) mass is 277 g/mol. The number of methoxy groups -OCH3 is 1. The molecule has 112 valence electrons. The van der Waals surface area contributed by atoms with E-state index in [4.69, 9.17) is 9.72 Å². The lowest BCUT2D eigenvalue weighted by Crippen LogP contribution is -2.35. The lowest BCUT2D eigenvalue weighted by atomic mass is 9.79. The summed E-state index contributed by atoms with van der Waals surface area (Å²) in [6.07, 6.45) is 6.48. The molecule has 20 heavy (non-hydrogen) atoms. The minimum absolute atomic E-state index is 0.290. The first-order valence-corrected chi connectivity index (χ1v) is 7.75. The maximum atomic E-state index is 5.89. The number of ether oxygens (including phenoxy) is 1. The van der Waals surface area contributed by atoms with Crippen LogP contribution >= 0.6 is 0 Å². The maximum absolute atomic E-state index is 5.89. The van der Waals surface area contributed by atoms with E-state index in [0.29, 0.717) is 0 Å². The van der Waals surface area contributed by atoms with E-state index in [0.717, 1.165) is 48.9 Å². The van der Waals surface area contributed by atoms with Gasteiger partial charge in [0.25, 0.3) is 0 Å². The molecule has 1 heterocycles. The first-order valence-electron chi connectivity index (χ1n) is 7.75. The standard InChI is InChI=1S/C16H27N3O/c1-5-6-13-11-14(17-3)19-15(18-13)16(20-4)9-7-12(2)8-10-16/h11-12H,5-10H2,1-4H3,(H,17,18,19). The first-order chi connectivity index (χ1) is 9.63. The lowest BCUT2D eigenvalue weighted by Gasteiger charge is -2.37. The Hall–Kier alpha value is -1.16. The van der Waals surface area contributed by atoms with Crippen molar-refractivity contribution in [2.75, 3.05) is 19.5 Å². The fourth-order valence-electron chi connectivity index (χ4n) is 2.96. The van der Waals surface area contributed by atoms with Crippen LogP contribution in [0.25, 0.3) is 0 Å². The van der Waals surface area contributed by atoms with Crippen molar-refractivity contribution in [3.05, 3.63) is 17.6 Å². The molecule has 0 bridgehead atoms. The van der Waals surface area contributed by atoms with Gasteiger partial charge in [0, 0.05) is 25.9 Å². The third-order valence-corrected chi connectivity index (χ3v) is 4.42. The van der Waals surface area contributed by atoms with Gasteiger partial charge in [0.2, 0.25) is 0 Å². The van der Waals surface area contributed by atoms with Crippen LogP contribution < -0.4 is 5.32 Å². The molecule has 0 radical (unpaired) electrons. The summed E-state index contributed by atoms with van der Waals surface area (Å²) in [5.41, 5.74) is 0.818. The fourth-order valence-corrected chi connectivity index (χ4v) is 2.96. The van der Waals surface area contributed by atoms with Crippen LogP contribution in [-0.2, 0) is 16.8 Å². The highest BCUT2D eigenvalue weighted by atomic mass is 16.5. The molecule has 1 aliphatic rings. The van der Waals surface area contributed by atoms with Gasteiger partial charge in [0.1, 0.15) is 11.4 Å². The van der Waals surface area contributed by atoms with Crippen molar-refractivity contribution in [1.29, 1.82) is 0 Å². The van der Waals surface area contributed by atoms with Crippen molar-refractivity contribution < 1.29 is 4.74 Å². The number of aryl methyl sites for hydroxylation is 1. The molecular formula is C16H27N3O. The van der Waals surface area contributed by atoms with Crippen LogP contribution in [0.4, 0.5) is 5.82 Å². The summed E-state index contributed by atoms with van der Waals surface area (Å²) in [6.45, 7) is 4.49. The van der Waals surface area contributed by atoms with Crippen molar-refractivity contribution >= 4 is 5.82 Å². The molecule has 0 aromatic carbocycles. The number of anilines is 1. The number of aromatic nitrogens is 2. The zero-order valence-electron chi connectivity index (χ0n) is 13.2. The third kappa shape index (κ3) is 3.11. The van der Waals surface area contributed by atoms with E-state index in [1.54, 1.807) is 7.11 Å². The molecule has 0 saturated heterocycles. The normalized spacial score (nSPS) is 26.5. The fraction of sp³-hybridized carbons (Fsp3) is 0.750. The highest BCUT2D eigenvalue weighted by molar-refractivity contribution is 5.36. The van der Waals surface area contributed by atoms with Crippen LogP contribution in [0, 0.1) is 5.92 Å². The smallest absolute Gasteiger partial charge is 0.162 e. The van der Waals surface area contributed by atoms with Crippen LogP contribution in [0.5, 0.6) is 0 Å². The Balaban J connectivity index is 2.35. The number of rotatable bonds is 5. The molecule has 1 fully saturated rings. The average Bonchev–Trinajstić information content (AvgIpc) is 2.48. The van der Waals surface area contributed by atoms with Crippen LogP contribution in [0.15, 0.2) is 6.07 Å². The maximum Gasteiger partial charge on any atom is 0.162 e. The van der Waals surface area contributed by atoms with E-state index in [9.17, 15) is 0 Å². The van der Waals surface area contributed by atoms with E-state index in [1.807, 2.05) is 13.1 Å². The molecule has 4 heteroatoms. The zero-order valence-corrected chi connectivity index (χ0v) is 13.2. The number of hydrogen-bond donors (Lipinski definition) is 1. The average molecular weight is 277 g/mol. The van der Waals surface area contributed by atoms with E-state index >= 15 is 0 Å². The number of nitrogens with zero attached hydrogens (tertiary/aromatic N) is 2. The summed E-state index contributed by atoms with van der Waals surface area (Å²) in [4.78, 5) is 9.47. The Morgan fingerprint density at radius 1 is 1.35 bits per heavy atom. The van der Waals surface area contributed by atoms with E-state index in [1.165, 1.54) is 12.8 Å². The molecule has 1 aliphatic carbocycles. The molecular weight excluding hydrogens is 250 g/mol. The van der Waals surface area contributed by atoms with Gasteiger partial charge in [-0.3, -0.25) is 0 Å². The molecule has 4 nitrogen and oxygen atoms in total. The summed E-state index contributed by atoms with van der Waals surface area (Å²) in [7, 11) is 3.70. The van der Waals surface area contributed by atoms with Gasteiger partial charge >= 0.3 is 0 Å². The predicted molar refractivity (Wildman–Crippen MR) is 81.9 cm³/mol. The SMILES string of the molecule is CCCc1cc(NC)nc(C2(OC)CCC(C)CC2)n1. The van der Waals surface area contributed by atoms with Crippen LogP contribution in [0.3, 0.4) is 0 Å². The molecule has 0 amide bonds. The predicted octanol–water partition coefficient (Wildman–Crippen LogP) is 3.52. The van der Waals surface area contributed by atoms with Gasteiger partial charge in [-0.2, -0.15) is 0 Å². The van der Waals surface area contributed by atoms with E-state index in [2.05, 4.69) is 24.1 Å². The van der Waals surface area contributed by atoms with Gasteiger partial charge in [-0.05, 0) is 38.0 Å². The minimum Gasteiger partial charge on any atom is -0.373 e. The quantitative estimate of drug-likeness (QED) is 0.894. The molecule has 1 N–H and O–H groups in total. The topological polar surface area (TPSA) is 47.0 Å². The van der Waals surface area contributed by atoms with E-state index < -0.39 is 0 Å². The summed E-state index contributed by atoms with van der Waals surface area (Å²) < 4.78 is 5.89. The van der Waals surface area contributed by atoms with Gasteiger partial charge in [-0.1, -0.05) is 20.3 Å². The molecule has 0 aliphatic heterocycles. The summed E-state index contributed by atoms with van der Waals surface area (Å²) in [6, 6.07) is 2.04. The summed E-state index contributed by atoms with van der Waals surface area (Å²) in [5.74, 6) is 2.54. The molecule has 0 atom stereocenters. The highest BCUT2D eigenvalue weighted by Crippen LogP contribution is 2.40. The first kappa shape index (κ1) is 15.2. The number of nitrogens with one attached hydrogen (secondary N) is 1. The Morgan fingerprint density at radius 3 is 2.60 bits per heavy atom. The zero-order chi connectivity index (χ0) is 14.6. The second-order valence-corrected chi connectivity index (χ2v) is 5.95. The van der Waals surface area contributed by atoms with Gasteiger partial charge in [-0.15, -0.1) is 0 Å². The Bertz CT molecular complexity index is 439.